The van der Waals surface area contributed by atoms with E-state index < -0.39 is 5.60 Å². The molecular weight excluding hydrogens is 396 g/mol. The molecule has 0 aliphatic carbocycles. The van der Waals surface area contributed by atoms with Crippen LogP contribution in [0.2, 0.25) is 0 Å². The molecule has 1 heterocycles. The number of hydrogen-bond acceptors (Lipinski definition) is 5. The highest BCUT2D eigenvalue weighted by Gasteiger charge is 2.27. The molecule has 2 N–H and O–H groups in total. The molecule has 0 bridgehead atoms. The highest BCUT2D eigenvalue weighted by atomic mass is 16.6. The Morgan fingerprint density at radius 3 is 2.58 bits per heavy atom. The van der Waals surface area contributed by atoms with Gasteiger partial charge in [0.05, 0.1) is 20.8 Å². The van der Waals surface area contributed by atoms with Gasteiger partial charge in [-0.15, -0.1) is 0 Å². The Bertz CT molecular complexity index is 746. The van der Waals surface area contributed by atoms with E-state index in [9.17, 15) is 4.79 Å². The van der Waals surface area contributed by atoms with E-state index in [1.54, 1.807) is 14.2 Å². The molecule has 31 heavy (non-hydrogen) atoms. The average molecular weight is 435 g/mol. The molecule has 1 amide bonds. The molecule has 174 valence electrons. The maximum Gasteiger partial charge on any atom is 0.410 e. The molecule has 2 rings (SSSR count). The zero-order chi connectivity index (χ0) is 22.9. The summed E-state index contributed by atoms with van der Waals surface area (Å²) in [5.74, 6) is 2.50. The third-order valence-corrected chi connectivity index (χ3v) is 4.94. The van der Waals surface area contributed by atoms with Crippen molar-refractivity contribution in [3.8, 4) is 11.5 Å². The van der Waals surface area contributed by atoms with Crippen LogP contribution in [0.3, 0.4) is 0 Å². The smallest absolute Gasteiger partial charge is 0.410 e. The van der Waals surface area contributed by atoms with Crippen LogP contribution in [0.25, 0.3) is 0 Å². The summed E-state index contributed by atoms with van der Waals surface area (Å²) < 4.78 is 16.2. The molecule has 0 saturated carbocycles. The third kappa shape index (κ3) is 8.19. The molecule has 8 heteroatoms. The number of piperidine rings is 1. The van der Waals surface area contributed by atoms with Crippen molar-refractivity contribution in [2.24, 2.45) is 10.9 Å². The van der Waals surface area contributed by atoms with Gasteiger partial charge in [0.1, 0.15) is 5.60 Å². The first-order valence-corrected chi connectivity index (χ1v) is 11.0. The molecule has 1 aromatic carbocycles. The molecule has 1 atom stereocenters. The lowest BCUT2D eigenvalue weighted by atomic mass is 9.98. The Hall–Kier alpha value is -2.64. The van der Waals surface area contributed by atoms with Gasteiger partial charge in [0.25, 0.3) is 0 Å². The molecule has 0 aromatic heterocycles. The number of guanidine groups is 1. The Kier molecular flexibility index (Phi) is 9.27. The van der Waals surface area contributed by atoms with E-state index >= 15 is 0 Å². The highest BCUT2D eigenvalue weighted by molar-refractivity contribution is 5.79. The van der Waals surface area contributed by atoms with E-state index in [-0.39, 0.29) is 6.09 Å². The Labute approximate surface area is 186 Å². The number of rotatable bonds is 7. The number of hydrogen-bond donors (Lipinski definition) is 2. The molecule has 0 radical (unpaired) electrons. The van der Waals surface area contributed by atoms with E-state index in [1.165, 1.54) is 0 Å². The minimum absolute atomic E-state index is 0.230. The summed E-state index contributed by atoms with van der Waals surface area (Å²) in [6, 6.07) is 5.80. The van der Waals surface area contributed by atoms with Crippen molar-refractivity contribution >= 4 is 12.1 Å². The van der Waals surface area contributed by atoms with Crippen molar-refractivity contribution in [3.05, 3.63) is 23.8 Å². The van der Waals surface area contributed by atoms with Crippen LogP contribution in [0, 0.1) is 5.92 Å². The van der Waals surface area contributed by atoms with Gasteiger partial charge in [-0.25, -0.2) is 9.79 Å². The lowest BCUT2D eigenvalue weighted by molar-refractivity contribution is 0.0168. The Morgan fingerprint density at radius 2 is 1.94 bits per heavy atom. The fourth-order valence-electron chi connectivity index (χ4n) is 3.46. The van der Waals surface area contributed by atoms with Crippen molar-refractivity contribution in [3.63, 3.8) is 0 Å². The minimum atomic E-state index is -0.475. The molecule has 1 unspecified atom stereocenters. The second-order valence-electron chi connectivity index (χ2n) is 8.70. The lowest BCUT2D eigenvalue weighted by Crippen LogP contribution is -2.47. The van der Waals surface area contributed by atoms with Crippen LogP contribution in [-0.2, 0) is 11.3 Å². The van der Waals surface area contributed by atoms with Crippen LogP contribution in [-0.4, -0.2) is 63.0 Å². The average Bonchev–Trinajstić information content (AvgIpc) is 2.74. The number of carbonyl (C=O) groups excluding carboxylic acids is 1. The van der Waals surface area contributed by atoms with Gasteiger partial charge in [0.2, 0.25) is 0 Å². The summed E-state index contributed by atoms with van der Waals surface area (Å²) in [5.41, 5.74) is 0.556. The van der Waals surface area contributed by atoms with Crippen LogP contribution in [0.1, 0.15) is 46.1 Å². The third-order valence-electron chi connectivity index (χ3n) is 4.94. The number of carbonyl (C=O) groups is 1. The molecule has 1 saturated heterocycles. The number of benzene rings is 1. The van der Waals surface area contributed by atoms with E-state index in [0.717, 1.165) is 44.0 Å². The number of aliphatic imine (C=N–C) groups is 1. The molecule has 1 fully saturated rings. The fraction of sp³-hybridized carbons (Fsp3) is 0.652. The summed E-state index contributed by atoms with van der Waals surface area (Å²) >= 11 is 0. The first kappa shape index (κ1) is 24.6. The van der Waals surface area contributed by atoms with Gasteiger partial charge in [-0.1, -0.05) is 6.07 Å². The number of likely N-dealkylation sites (tertiary alicyclic amines) is 1. The zero-order valence-corrected chi connectivity index (χ0v) is 19.8. The molecule has 8 nitrogen and oxygen atoms in total. The van der Waals surface area contributed by atoms with Gasteiger partial charge in [-0.05, 0) is 64.2 Å². The molecule has 1 aromatic rings. The minimum Gasteiger partial charge on any atom is -0.493 e. The molecule has 1 aliphatic heterocycles. The van der Waals surface area contributed by atoms with E-state index in [1.807, 2.05) is 50.8 Å². The Balaban J connectivity index is 1.93. The summed E-state index contributed by atoms with van der Waals surface area (Å²) in [7, 11) is 3.25. The van der Waals surface area contributed by atoms with Crippen molar-refractivity contribution in [1.29, 1.82) is 0 Å². The largest absolute Gasteiger partial charge is 0.493 e. The predicted molar refractivity (Wildman–Crippen MR) is 123 cm³/mol. The first-order chi connectivity index (χ1) is 14.8. The van der Waals surface area contributed by atoms with Crippen LogP contribution in [0.5, 0.6) is 11.5 Å². The van der Waals surface area contributed by atoms with Crippen molar-refractivity contribution < 1.29 is 19.0 Å². The first-order valence-electron chi connectivity index (χ1n) is 11.0. The quantitative estimate of drug-likeness (QED) is 0.505. The summed E-state index contributed by atoms with van der Waals surface area (Å²) in [4.78, 5) is 18.9. The van der Waals surface area contributed by atoms with E-state index in [0.29, 0.717) is 30.5 Å². The van der Waals surface area contributed by atoms with Gasteiger partial charge in [0, 0.05) is 26.2 Å². The monoisotopic (exact) mass is 434 g/mol. The highest BCUT2D eigenvalue weighted by Crippen LogP contribution is 2.27. The molecular formula is C23H38N4O4. The topological polar surface area (TPSA) is 84.4 Å². The van der Waals surface area contributed by atoms with Gasteiger partial charge in [-0.2, -0.15) is 0 Å². The fourth-order valence-corrected chi connectivity index (χ4v) is 3.46. The van der Waals surface area contributed by atoms with Gasteiger partial charge in [-0.3, -0.25) is 0 Å². The molecule has 1 aliphatic rings. The van der Waals surface area contributed by atoms with E-state index in [2.05, 4.69) is 10.6 Å². The van der Waals surface area contributed by atoms with Crippen LogP contribution >= 0.6 is 0 Å². The summed E-state index contributed by atoms with van der Waals surface area (Å²) in [6.45, 7) is 11.2. The van der Waals surface area contributed by atoms with Crippen LogP contribution in [0.15, 0.2) is 23.2 Å². The standard InChI is InChI=1S/C23H38N4O4/c1-7-24-21(25-14-17-10-11-19(29-5)20(13-17)30-6)26-15-18-9-8-12-27(16-18)22(28)31-23(2,3)4/h10-11,13,18H,7-9,12,14-16H2,1-6H3,(H2,24,25,26). The van der Waals surface area contributed by atoms with Gasteiger partial charge >= 0.3 is 6.09 Å². The summed E-state index contributed by atoms with van der Waals surface area (Å²) in [5, 5.41) is 6.71. The number of nitrogens with zero attached hydrogens (tertiary/aromatic N) is 2. The van der Waals surface area contributed by atoms with Crippen LogP contribution in [0.4, 0.5) is 4.79 Å². The SMILES string of the molecule is CCNC(=NCc1ccc(OC)c(OC)c1)NCC1CCCN(C(=O)OC(C)(C)C)C1. The normalized spacial score (nSPS) is 17.2. The number of methoxy groups -OCH3 is 2. The lowest BCUT2D eigenvalue weighted by Gasteiger charge is -2.34. The zero-order valence-electron chi connectivity index (χ0n) is 19.8. The molecule has 0 spiro atoms. The number of nitrogens with one attached hydrogen (secondary N) is 2. The number of amides is 1. The van der Waals surface area contributed by atoms with E-state index in [4.69, 9.17) is 19.2 Å². The van der Waals surface area contributed by atoms with Crippen molar-refractivity contribution in [2.45, 2.75) is 52.7 Å². The van der Waals surface area contributed by atoms with Crippen molar-refractivity contribution in [1.82, 2.24) is 15.5 Å². The maximum atomic E-state index is 12.4. The second kappa shape index (κ2) is 11.7. The predicted octanol–water partition coefficient (Wildman–Crippen LogP) is 3.41. The summed E-state index contributed by atoms with van der Waals surface area (Å²) in [6.07, 6.45) is 1.82. The Morgan fingerprint density at radius 1 is 1.19 bits per heavy atom. The maximum absolute atomic E-state index is 12.4. The van der Waals surface area contributed by atoms with Gasteiger partial charge in [0.15, 0.2) is 17.5 Å². The van der Waals surface area contributed by atoms with Gasteiger partial charge < -0.3 is 29.7 Å². The second-order valence-corrected chi connectivity index (χ2v) is 8.70. The number of ether oxygens (including phenoxy) is 3. The van der Waals surface area contributed by atoms with Crippen LogP contribution < -0.4 is 20.1 Å². The van der Waals surface area contributed by atoms with Crippen molar-refractivity contribution in [2.75, 3.05) is 40.4 Å².